The Balaban J connectivity index is 5.23. The Kier molecular flexibility index (Phi) is 11.7. The van der Waals surface area contributed by atoms with Gasteiger partial charge in [-0.2, -0.15) is 0 Å². The van der Waals surface area contributed by atoms with Crippen molar-refractivity contribution in [3.63, 3.8) is 0 Å². The topological polar surface area (TPSA) is 237 Å². The Morgan fingerprint density at radius 3 is 1.83 bits per heavy atom. The molecular weight excluding hydrogens is 400 g/mol. The summed E-state index contributed by atoms with van der Waals surface area (Å²) in [5, 5.41) is 15.6. The fourth-order valence-electron chi connectivity index (χ4n) is 2.32. The van der Waals surface area contributed by atoms with Crippen LogP contribution in [0.4, 0.5) is 0 Å². The van der Waals surface area contributed by atoms with E-state index in [4.69, 9.17) is 22.3 Å². The van der Waals surface area contributed by atoms with Crippen LogP contribution in [0, 0.1) is 5.92 Å². The summed E-state index contributed by atoms with van der Waals surface area (Å²) in [6.45, 7) is 2.62. The van der Waals surface area contributed by atoms with E-state index in [2.05, 4.69) is 16.0 Å². The normalized spacial score (nSPS) is 13.6. The number of nitrogens with one attached hydrogen (secondary N) is 3. The molecule has 5 amide bonds. The molecule has 0 aliphatic carbocycles. The summed E-state index contributed by atoms with van der Waals surface area (Å²) >= 11 is 0. The Hall–Kier alpha value is -3.22. The predicted molar refractivity (Wildman–Crippen MR) is 104 cm³/mol. The van der Waals surface area contributed by atoms with Crippen molar-refractivity contribution in [3.05, 3.63) is 0 Å². The number of primary amides is 2. The van der Waals surface area contributed by atoms with E-state index in [1.165, 1.54) is 0 Å². The Bertz CT molecular complexity index is 667. The molecule has 170 valence electrons. The molecule has 3 atom stereocenters. The third kappa shape index (κ3) is 10.9. The highest BCUT2D eigenvalue weighted by molar-refractivity contribution is 5.94. The van der Waals surface area contributed by atoms with E-state index >= 15 is 0 Å². The minimum absolute atomic E-state index is 0.0441. The zero-order valence-electron chi connectivity index (χ0n) is 17.0. The summed E-state index contributed by atoms with van der Waals surface area (Å²) in [5.74, 6) is -5.28. The molecule has 0 rings (SSSR count). The Morgan fingerprint density at radius 1 is 0.833 bits per heavy atom. The molecule has 10 N–H and O–H groups in total. The molecule has 0 aromatic carbocycles. The molecule has 13 heteroatoms. The third-order valence-corrected chi connectivity index (χ3v) is 4.01. The summed E-state index contributed by atoms with van der Waals surface area (Å²) in [6, 6.07) is -3.45. The van der Waals surface area contributed by atoms with Crippen molar-refractivity contribution >= 4 is 35.5 Å². The standard InChI is InChI=1S/C17H30N6O7/c1-8(2)14(17(30)21-7-13(26)27)23-16(29)10(4-6-12(20)25)22-15(28)9(18)3-5-11(19)24/h8-10,14H,3-7,18H2,1-2H3,(H2,19,24)(H2,20,25)(H,21,30)(H,22,28)(H,23,29)(H,26,27). The molecule has 0 fully saturated rings. The van der Waals surface area contributed by atoms with Crippen LogP contribution in [0.2, 0.25) is 0 Å². The van der Waals surface area contributed by atoms with Gasteiger partial charge in [0.2, 0.25) is 29.5 Å². The summed E-state index contributed by atoms with van der Waals surface area (Å²) < 4.78 is 0. The van der Waals surface area contributed by atoms with Crippen molar-refractivity contribution in [2.75, 3.05) is 6.54 Å². The number of aliphatic carboxylic acids is 1. The van der Waals surface area contributed by atoms with Crippen molar-refractivity contribution in [2.45, 2.75) is 57.7 Å². The highest BCUT2D eigenvalue weighted by Crippen LogP contribution is 2.06. The maximum atomic E-state index is 12.6. The zero-order chi connectivity index (χ0) is 23.4. The summed E-state index contributed by atoms with van der Waals surface area (Å²) in [7, 11) is 0. The van der Waals surface area contributed by atoms with Crippen molar-refractivity contribution in [2.24, 2.45) is 23.1 Å². The van der Waals surface area contributed by atoms with E-state index < -0.39 is 66.1 Å². The largest absolute Gasteiger partial charge is 0.480 e. The van der Waals surface area contributed by atoms with Crippen molar-refractivity contribution < 1.29 is 33.9 Å². The van der Waals surface area contributed by atoms with Crippen molar-refractivity contribution in [1.82, 2.24) is 16.0 Å². The second-order valence-electron chi connectivity index (χ2n) is 7.02. The number of hydrogen-bond donors (Lipinski definition) is 7. The fraction of sp³-hybridized carbons (Fsp3) is 0.647. The van der Waals surface area contributed by atoms with Gasteiger partial charge < -0.3 is 38.3 Å². The predicted octanol–water partition coefficient (Wildman–Crippen LogP) is -3.33. The van der Waals surface area contributed by atoms with E-state index in [0.29, 0.717) is 0 Å². The second-order valence-corrected chi connectivity index (χ2v) is 7.02. The Morgan fingerprint density at radius 2 is 1.37 bits per heavy atom. The molecule has 0 aliphatic heterocycles. The van der Waals surface area contributed by atoms with E-state index in [1.807, 2.05) is 0 Å². The lowest BCUT2D eigenvalue weighted by atomic mass is 10.0. The maximum Gasteiger partial charge on any atom is 0.322 e. The van der Waals surface area contributed by atoms with Crippen LogP contribution >= 0.6 is 0 Å². The molecule has 0 saturated carbocycles. The van der Waals surface area contributed by atoms with E-state index in [0.717, 1.165) is 0 Å². The lowest BCUT2D eigenvalue weighted by Crippen LogP contribution is -2.57. The SMILES string of the molecule is CC(C)C(NC(=O)C(CCC(N)=O)NC(=O)C(N)CCC(N)=O)C(=O)NCC(=O)O. The number of rotatable bonds is 14. The van der Waals surface area contributed by atoms with Crippen LogP contribution in [0.15, 0.2) is 0 Å². The first-order valence-corrected chi connectivity index (χ1v) is 9.27. The van der Waals surface area contributed by atoms with E-state index in [-0.39, 0.29) is 25.7 Å². The molecule has 13 nitrogen and oxygen atoms in total. The average molecular weight is 430 g/mol. The highest BCUT2D eigenvalue weighted by atomic mass is 16.4. The smallest absolute Gasteiger partial charge is 0.322 e. The number of carboxylic acid groups (broad SMARTS) is 1. The molecule has 0 radical (unpaired) electrons. The van der Waals surface area contributed by atoms with Crippen molar-refractivity contribution in [3.8, 4) is 0 Å². The van der Waals surface area contributed by atoms with E-state index in [9.17, 15) is 28.8 Å². The molecule has 0 heterocycles. The lowest BCUT2D eigenvalue weighted by molar-refractivity contribution is -0.139. The van der Waals surface area contributed by atoms with Gasteiger partial charge in [-0.1, -0.05) is 13.8 Å². The molecule has 0 aromatic rings. The number of hydrogen-bond acceptors (Lipinski definition) is 7. The number of nitrogens with two attached hydrogens (primary N) is 3. The minimum Gasteiger partial charge on any atom is -0.480 e. The van der Waals surface area contributed by atoms with Gasteiger partial charge in [0.1, 0.15) is 18.6 Å². The summed E-state index contributed by atoms with van der Waals surface area (Å²) in [4.78, 5) is 69.6. The lowest BCUT2D eigenvalue weighted by Gasteiger charge is -2.25. The number of carbonyl (C=O) groups is 6. The van der Waals surface area contributed by atoms with Crippen LogP contribution in [-0.2, 0) is 28.8 Å². The monoisotopic (exact) mass is 430 g/mol. The van der Waals surface area contributed by atoms with Gasteiger partial charge in [0, 0.05) is 12.8 Å². The molecule has 0 aromatic heterocycles. The first-order valence-electron chi connectivity index (χ1n) is 9.27. The highest BCUT2D eigenvalue weighted by Gasteiger charge is 2.30. The van der Waals surface area contributed by atoms with Crippen molar-refractivity contribution in [1.29, 1.82) is 0 Å². The van der Waals surface area contributed by atoms with Gasteiger partial charge in [0.25, 0.3) is 0 Å². The summed E-state index contributed by atoms with van der Waals surface area (Å²) in [6.07, 6.45) is -0.563. The number of carbonyl (C=O) groups excluding carboxylic acids is 5. The molecule has 0 spiro atoms. The average Bonchev–Trinajstić information content (AvgIpc) is 2.64. The van der Waals surface area contributed by atoms with Gasteiger partial charge in [-0.05, 0) is 18.8 Å². The van der Waals surface area contributed by atoms with Crippen LogP contribution in [0.5, 0.6) is 0 Å². The van der Waals surface area contributed by atoms with E-state index in [1.54, 1.807) is 13.8 Å². The quantitative estimate of drug-likeness (QED) is 0.147. The van der Waals surface area contributed by atoms with Gasteiger partial charge in [-0.25, -0.2) is 0 Å². The third-order valence-electron chi connectivity index (χ3n) is 4.01. The van der Waals surface area contributed by atoms with Crippen LogP contribution in [-0.4, -0.2) is 65.3 Å². The molecule has 0 aliphatic rings. The summed E-state index contributed by atoms with van der Waals surface area (Å²) in [5.41, 5.74) is 15.8. The van der Waals surface area contributed by atoms with Crippen LogP contribution in [0.25, 0.3) is 0 Å². The maximum absolute atomic E-state index is 12.6. The van der Waals surface area contributed by atoms with Crippen LogP contribution < -0.4 is 33.2 Å². The van der Waals surface area contributed by atoms with Gasteiger partial charge in [0.05, 0.1) is 6.04 Å². The Labute approximate surface area is 173 Å². The fourth-order valence-corrected chi connectivity index (χ4v) is 2.32. The first kappa shape index (κ1) is 26.8. The molecular formula is C17H30N6O7. The van der Waals surface area contributed by atoms with Gasteiger partial charge in [0.15, 0.2) is 0 Å². The number of carboxylic acids is 1. The minimum atomic E-state index is -1.26. The van der Waals surface area contributed by atoms with Gasteiger partial charge in [-0.3, -0.25) is 28.8 Å². The second kappa shape index (κ2) is 13.1. The number of amides is 5. The molecule has 0 saturated heterocycles. The molecule has 30 heavy (non-hydrogen) atoms. The van der Waals surface area contributed by atoms with Crippen LogP contribution in [0.3, 0.4) is 0 Å². The molecule has 0 bridgehead atoms. The first-order chi connectivity index (χ1) is 13.8. The zero-order valence-corrected chi connectivity index (χ0v) is 17.0. The van der Waals surface area contributed by atoms with Crippen LogP contribution in [0.1, 0.15) is 39.5 Å². The molecule has 3 unspecified atom stereocenters. The van der Waals surface area contributed by atoms with Gasteiger partial charge in [-0.15, -0.1) is 0 Å². The van der Waals surface area contributed by atoms with Gasteiger partial charge >= 0.3 is 5.97 Å².